The number of para-hydroxylation sites is 1. The Hall–Kier alpha value is -1.69. The second-order valence-corrected chi connectivity index (χ2v) is 7.30. The van der Waals surface area contributed by atoms with Gasteiger partial charge in [0, 0.05) is 36.0 Å². The van der Waals surface area contributed by atoms with Crippen molar-refractivity contribution < 1.29 is 4.79 Å². The minimum atomic E-state index is 0.0137. The minimum Gasteiger partial charge on any atom is -0.399 e. The van der Waals surface area contributed by atoms with Gasteiger partial charge in [0.25, 0.3) is 0 Å². The zero-order valence-corrected chi connectivity index (χ0v) is 14.9. The van der Waals surface area contributed by atoms with Gasteiger partial charge in [0.05, 0.1) is 17.3 Å². The Morgan fingerprint density at radius 3 is 2.54 bits per heavy atom. The third-order valence-electron chi connectivity index (χ3n) is 3.94. The van der Waals surface area contributed by atoms with Gasteiger partial charge in [0.2, 0.25) is 5.91 Å². The fourth-order valence-corrected chi connectivity index (χ4v) is 3.97. The lowest BCUT2D eigenvalue weighted by Gasteiger charge is -2.30. The van der Waals surface area contributed by atoms with E-state index in [0.29, 0.717) is 22.9 Å². The van der Waals surface area contributed by atoms with Crippen LogP contribution in [-0.4, -0.2) is 41.9 Å². The molecule has 0 spiro atoms. The van der Waals surface area contributed by atoms with E-state index in [1.807, 2.05) is 42.1 Å². The predicted octanol–water partition coefficient (Wildman–Crippen LogP) is 3.64. The number of hydrogen-bond acceptors (Lipinski definition) is 4. The number of carbonyl (C=O) groups excluding carboxylic acids is 1. The van der Waals surface area contributed by atoms with Gasteiger partial charge in [0.1, 0.15) is 0 Å². The molecule has 24 heavy (non-hydrogen) atoms. The van der Waals surface area contributed by atoms with Crippen LogP contribution in [0, 0.1) is 0 Å². The lowest BCUT2D eigenvalue weighted by molar-refractivity contribution is -0.118. The van der Waals surface area contributed by atoms with Crippen molar-refractivity contribution in [3.05, 3.63) is 53.6 Å². The Morgan fingerprint density at radius 2 is 1.88 bits per heavy atom. The van der Waals surface area contributed by atoms with Crippen LogP contribution in [0.3, 0.4) is 0 Å². The van der Waals surface area contributed by atoms with Gasteiger partial charge < -0.3 is 5.73 Å². The molecule has 0 atom stereocenters. The molecule has 126 valence electrons. The Balaban J connectivity index is 1.91. The molecule has 0 aliphatic carbocycles. The first kappa shape index (κ1) is 17.1. The summed E-state index contributed by atoms with van der Waals surface area (Å²) in [4.78, 5) is 16.9. The monoisotopic (exact) mass is 361 g/mol. The van der Waals surface area contributed by atoms with Crippen molar-refractivity contribution in [2.75, 3.05) is 41.8 Å². The number of rotatable bonds is 4. The number of thioether (sulfide) groups is 1. The largest absolute Gasteiger partial charge is 0.399 e. The van der Waals surface area contributed by atoms with Crippen LogP contribution in [0.5, 0.6) is 0 Å². The van der Waals surface area contributed by atoms with Crippen molar-refractivity contribution in [2.24, 2.45) is 0 Å². The van der Waals surface area contributed by atoms with Crippen molar-refractivity contribution in [1.29, 1.82) is 0 Å². The molecular formula is C18H20ClN3OS. The van der Waals surface area contributed by atoms with Gasteiger partial charge in [-0.25, -0.2) is 0 Å². The van der Waals surface area contributed by atoms with Crippen LogP contribution < -0.4 is 10.6 Å². The van der Waals surface area contributed by atoms with E-state index in [4.69, 9.17) is 17.3 Å². The molecular weight excluding hydrogens is 342 g/mol. The highest BCUT2D eigenvalue weighted by Gasteiger charge is 2.23. The van der Waals surface area contributed by atoms with Crippen LogP contribution in [-0.2, 0) is 4.79 Å². The summed E-state index contributed by atoms with van der Waals surface area (Å²) in [6, 6.07) is 14.8. The molecule has 3 rings (SSSR count). The van der Waals surface area contributed by atoms with Gasteiger partial charge in [-0.2, -0.15) is 11.8 Å². The quantitative estimate of drug-likeness (QED) is 0.845. The molecule has 0 unspecified atom stereocenters. The predicted molar refractivity (Wildman–Crippen MR) is 103 cm³/mol. The fraction of sp³-hybridized carbons (Fsp3) is 0.278. The summed E-state index contributed by atoms with van der Waals surface area (Å²) in [5.74, 6) is 2.16. The Kier molecular flexibility index (Phi) is 5.66. The first-order chi connectivity index (χ1) is 11.6. The van der Waals surface area contributed by atoms with Gasteiger partial charge in [-0.1, -0.05) is 29.8 Å². The van der Waals surface area contributed by atoms with Crippen molar-refractivity contribution in [3.8, 4) is 0 Å². The number of nitrogen functional groups attached to an aromatic ring is 1. The van der Waals surface area contributed by atoms with E-state index < -0.39 is 0 Å². The molecule has 0 radical (unpaired) electrons. The standard InChI is InChI=1S/C18H20ClN3OS/c19-16-12-14(20)6-7-17(16)22(15-4-2-1-3-5-15)18(23)13-21-8-10-24-11-9-21/h1-7,12H,8-11,13,20H2. The highest BCUT2D eigenvalue weighted by atomic mass is 35.5. The maximum absolute atomic E-state index is 13.0. The highest BCUT2D eigenvalue weighted by molar-refractivity contribution is 7.99. The first-order valence-electron chi connectivity index (χ1n) is 7.88. The summed E-state index contributed by atoms with van der Waals surface area (Å²) in [5.41, 5.74) is 7.84. The van der Waals surface area contributed by atoms with Gasteiger partial charge in [-0.05, 0) is 30.3 Å². The van der Waals surface area contributed by atoms with Crippen molar-refractivity contribution >= 4 is 46.3 Å². The SMILES string of the molecule is Nc1ccc(N(C(=O)CN2CCSCC2)c2ccccc2)c(Cl)c1. The van der Waals surface area contributed by atoms with Crippen LogP contribution in [0.2, 0.25) is 5.02 Å². The summed E-state index contributed by atoms with van der Waals surface area (Å²) in [6.45, 7) is 2.26. The van der Waals surface area contributed by atoms with Crippen LogP contribution in [0.25, 0.3) is 0 Å². The zero-order valence-electron chi connectivity index (χ0n) is 13.3. The maximum atomic E-state index is 13.0. The number of anilines is 3. The third kappa shape index (κ3) is 4.04. The Labute approximate surface area is 151 Å². The average molecular weight is 362 g/mol. The summed E-state index contributed by atoms with van der Waals surface area (Å²) >= 11 is 8.30. The zero-order chi connectivity index (χ0) is 16.9. The van der Waals surface area contributed by atoms with Gasteiger partial charge >= 0.3 is 0 Å². The lowest BCUT2D eigenvalue weighted by Crippen LogP contribution is -2.42. The molecule has 1 fully saturated rings. The average Bonchev–Trinajstić information content (AvgIpc) is 2.59. The van der Waals surface area contributed by atoms with Crippen molar-refractivity contribution in [3.63, 3.8) is 0 Å². The van der Waals surface area contributed by atoms with E-state index in [9.17, 15) is 4.79 Å². The summed E-state index contributed by atoms with van der Waals surface area (Å²) < 4.78 is 0. The second-order valence-electron chi connectivity index (χ2n) is 5.66. The van der Waals surface area contributed by atoms with Crippen molar-refractivity contribution in [2.45, 2.75) is 0 Å². The molecule has 4 nitrogen and oxygen atoms in total. The van der Waals surface area contributed by atoms with E-state index in [1.54, 1.807) is 23.1 Å². The van der Waals surface area contributed by atoms with E-state index in [2.05, 4.69) is 4.90 Å². The summed E-state index contributed by atoms with van der Waals surface area (Å²) in [5, 5.41) is 0.474. The molecule has 0 saturated carbocycles. The van der Waals surface area contributed by atoms with Crippen LogP contribution in [0.1, 0.15) is 0 Å². The molecule has 2 aromatic carbocycles. The second kappa shape index (κ2) is 7.92. The van der Waals surface area contributed by atoms with Crippen LogP contribution in [0.15, 0.2) is 48.5 Å². The molecule has 2 N–H and O–H groups in total. The molecule has 0 bridgehead atoms. The number of halogens is 1. The molecule has 1 saturated heterocycles. The summed E-state index contributed by atoms with van der Waals surface area (Å²) in [7, 11) is 0. The van der Waals surface area contributed by atoms with E-state index >= 15 is 0 Å². The summed E-state index contributed by atoms with van der Waals surface area (Å²) in [6.07, 6.45) is 0. The fourth-order valence-electron chi connectivity index (χ4n) is 2.72. The maximum Gasteiger partial charge on any atom is 0.245 e. The third-order valence-corrected chi connectivity index (χ3v) is 5.18. The number of carbonyl (C=O) groups is 1. The lowest BCUT2D eigenvalue weighted by atomic mass is 10.2. The molecule has 0 aromatic heterocycles. The van der Waals surface area contributed by atoms with Crippen LogP contribution in [0.4, 0.5) is 17.1 Å². The van der Waals surface area contributed by atoms with E-state index in [-0.39, 0.29) is 5.91 Å². The van der Waals surface area contributed by atoms with Gasteiger partial charge in [-0.15, -0.1) is 0 Å². The molecule has 1 aliphatic heterocycles. The normalized spacial score (nSPS) is 15.2. The minimum absolute atomic E-state index is 0.0137. The molecule has 2 aromatic rings. The number of nitrogens with two attached hydrogens (primary N) is 1. The van der Waals surface area contributed by atoms with Gasteiger partial charge in [-0.3, -0.25) is 14.6 Å². The van der Waals surface area contributed by atoms with E-state index in [1.165, 1.54) is 0 Å². The molecule has 1 aliphatic rings. The topological polar surface area (TPSA) is 49.6 Å². The molecule has 1 heterocycles. The molecule has 1 amide bonds. The van der Waals surface area contributed by atoms with Crippen LogP contribution >= 0.6 is 23.4 Å². The first-order valence-corrected chi connectivity index (χ1v) is 9.41. The Morgan fingerprint density at radius 1 is 1.17 bits per heavy atom. The van der Waals surface area contributed by atoms with E-state index in [0.717, 1.165) is 30.3 Å². The van der Waals surface area contributed by atoms with Crippen molar-refractivity contribution in [1.82, 2.24) is 4.90 Å². The molecule has 6 heteroatoms. The Bertz CT molecular complexity index is 705. The smallest absolute Gasteiger partial charge is 0.245 e. The number of amides is 1. The highest BCUT2D eigenvalue weighted by Crippen LogP contribution is 2.33. The number of benzene rings is 2. The number of nitrogens with zero attached hydrogens (tertiary/aromatic N) is 2. The number of hydrogen-bond donors (Lipinski definition) is 1. The van der Waals surface area contributed by atoms with Gasteiger partial charge in [0.15, 0.2) is 0 Å².